The van der Waals surface area contributed by atoms with Crippen LogP contribution in [0.15, 0.2) is 36.4 Å². The Morgan fingerprint density at radius 1 is 0.962 bits per heavy atom. The van der Waals surface area contributed by atoms with E-state index in [4.69, 9.17) is 9.47 Å². The minimum Gasteiger partial charge on any atom is -0.454 e. The average Bonchev–Trinajstić information content (AvgIpc) is 3.31. The highest BCUT2D eigenvalue weighted by Crippen LogP contribution is 2.48. The van der Waals surface area contributed by atoms with E-state index in [-0.39, 0.29) is 18.6 Å². The molecule has 1 saturated carbocycles. The highest BCUT2D eigenvalue weighted by Gasteiger charge is 2.56. The molecule has 6 nitrogen and oxygen atoms in total. The molecule has 0 atom stereocenters. The fourth-order valence-electron chi connectivity index (χ4n) is 3.04. The van der Waals surface area contributed by atoms with Crippen molar-refractivity contribution >= 4 is 23.2 Å². The largest absolute Gasteiger partial charge is 0.454 e. The zero-order chi connectivity index (χ0) is 18.3. The van der Waals surface area contributed by atoms with E-state index in [1.807, 2.05) is 32.0 Å². The second-order valence-electron chi connectivity index (χ2n) is 6.81. The molecule has 2 aliphatic rings. The van der Waals surface area contributed by atoms with Gasteiger partial charge in [0, 0.05) is 17.4 Å². The highest BCUT2D eigenvalue weighted by atomic mass is 16.7. The summed E-state index contributed by atoms with van der Waals surface area (Å²) in [5, 5.41) is 5.75. The fraction of sp³-hybridized carbons (Fsp3) is 0.300. The Morgan fingerprint density at radius 3 is 2.46 bits per heavy atom. The van der Waals surface area contributed by atoms with Gasteiger partial charge in [-0.05, 0) is 56.0 Å². The number of carbonyl (C=O) groups excluding carboxylic acids is 2. The van der Waals surface area contributed by atoms with E-state index >= 15 is 0 Å². The van der Waals surface area contributed by atoms with Crippen LogP contribution in [0.1, 0.15) is 24.0 Å². The molecule has 0 spiro atoms. The predicted octanol–water partition coefficient (Wildman–Crippen LogP) is 3.39. The summed E-state index contributed by atoms with van der Waals surface area (Å²) in [5.74, 6) is 0.688. The Morgan fingerprint density at radius 2 is 1.69 bits per heavy atom. The summed E-state index contributed by atoms with van der Waals surface area (Å²) in [6, 6.07) is 10.9. The molecule has 0 unspecified atom stereocenters. The summed E-state index contributed by atoms with van der Waals surface area (Å²) in [6.45, 7) is 4.12. The molecule has 2 amide bonds. The topological polar surface area (TPSA) is 76.7 Å². The van der Waals surface area contributed by atoms with Crippen molar-refractivity contribution in [2.45, 2.75) is 26.7 Å². The number of rotatable bonds is 4. The first-order chi connectivity index (χ1) is 12.5. The Bertz CT molecular complexity index is 903. The number of amides is 2. The Labute approximate surface area is 151 Å². The summed E-state index contributed by atoms with van der Waals surface area (Å²) >= 11 is 0. The van der Waals surface area contributed by atoms with Gasteiger partial charge in [0.1, 0.15) is 5.41 Å². The van der Waals surface area contributed by atoms with Crippen LogP contribution in [0.2, 0.25) is 0 Å². The van der Waals surface area contributed by atoms with Crippen LogP contribution < -0.4 is 20.1 Å². The molecule has 134 valence electrons. The van der Waals surface area contributed by atoms with E-state index in [0.29, 0.717) is 30.0 Å². The number of anilines is 2. The monoisotopic (exact) mass is 352 g/mol. The van der Waals surface area contributed by atoms with Crippen molar-refractivity contribution in [3.05, 3.63) is 47.5 Å². The van der Waals surface area contributed by atoms with E-state index in [2.05, 4.69) is 10.6 Å². The van der Waals surface area contributed by atoms with Crippen molar-refractivity contribution in [3.63, 3.8) is 0 Å². The van der Waals surface area contributed by atoms with Gasteiger partial charge in [-0.25, -0.2) is 0 Å². The third-order valence-electron chi connectivity index (χ3n) is 5.10. The van der Waals surface area contributed by atoms with Crippen LogP contribution in [0.5, 0.6) is 11.5 Å². The van der Waals surface area contributed by atoms with Crippen LogP contribution in [0.4, 0.5) is 11.4 Å². The summed E-state index contributed by atoms with van der Waals surface area (Å²) in [4.78, 5) is 25.5. The lowest BCUT2D eigenvalue weighted by Crippen LogP contribution is -2.35. The van der Waals surface area contributed by atoms with Crippen LogP contribution >= 0.6 is 0 Å². The predicted molar refractivity (Wildman–Crippen MR) is 97.4 cm³/mol. The van der Waals surface area contributed by atoms with E-state index in [1.165, 1.54) is 0 Å². The second kappa shape index (κ2) is 6.05. The molecule has 1 aliphatic heterocycles. The first-order valence-corrected chi connectivity index (χ1v) is 8.58. The number of aryl methyl sites for hydroxylation is 1. The van der Waals surface area contributed by atoms with E-state index < -0.39 is 5.41 Å². The molecule has 1 aliphatic carbocycles. The van der Waals surface area contributed by atoms with E-state index in [0.717, 1.165) is 16.8 Å². The molecule has 0 radical (unpaired) electrons. The van der Waals surface area contributed by atoms with Gasteiger partial charge in [-0.15, -0.1) is 0 Å². The third-order valence-corrected chi connectivity index (χ3v) is 5.10. The lowest BCUT2D eigenvalue weighted by molar-refractivity contribution is -0.131. The Kier molecular flexibility index (Phi) is 3.83. The highest BCUT2D eigenvalue weighted by molar-refractivity contribution is 6.17. The minimum absolute atomic E-state index is 0.176. The van der Waals surface area contributed by atoms with Gasteiger partial charge in [-0.3, -0.25) is 9.59 Å². The molecule has 4 rings (SSSR count). The molecule has 2 N–H and O–H groups in total. The van der Waals surface area contributed by atoms with Gasteiger partial charge in [-0.1, -0.05) is 12.1 Å². The molecule has 2 aromatic carbocycles. The van der Waals surface area contributed by atoms with Crippen LogP contribution in [-0.4, -0.2) is 18.6 Å². The second-order valence-corrected chi connectivity index (χ2v) is 6.81. The van der Waals surface area contributed by atoms with Crippen LogP contribution in [0, 0.1) is 19.3 Å². The molecule has 26 heavy (non-hydrogen) atoms. The van der Waals surface area contributed by atoms with Crippen molar-refractivity contribution in [1.82, 2.24) is 0 Å². The van der Waals surface area contributed by atoms with Gasteiger partial charge in [-0.2, -0.15) is 0 Å². The maximum Gasteiger partial charge on any atom is 0.240 e. The number of carbonyl (C=O) groups is 2. The lowest BCUT2D eigenvalue weighted by Gasteiger charge is -2.17. The van der Waals surface area contributed by atoms with Gasteiger partial charge in [0.2, 0.25) is 18.6 Å². The molecular formula is C20H20N2O4. The molecule has 0 aromatic heterocycles. The quantitative estimate of drug-likeness (QED) is 0.827. The number of nitrogens with one attached hydrogen (secondary N) is 2. The van der Waals surface area contributed by atoms with Crippen molar-refractivity contribution in [1.29, 1.82) is 0 Å². The van der Waals surface area contributed by atoms with Gasteiger partial charge in [0.15, 0.2) is 11.5 Å². The number of hydrogen-bond donors (Lipinski definition) is 2. The molecule has 0 bridgehead atoms. The third kappa shape index (κ3) is 2.77. The summed E-state index contributed by atoms with van der Waals surface area (Å²) in [5.41, 5.74) is 2.43. The maximum atomic E-state index is 12.8. The normalized spacial score (nSPS) is 16.1. The number of benzene rings is 2. The smallest absolute Gasteiger partial charge is 0.240 e. The summed E-state index contributed by atoms with van der Waals surface area (Å²) in [6.07, 6.45) is 1.08. The van der Waals surface area contributed by atoms with Crippen LogP contribution in [-0.2, 0) is 9.59 Å². The van der Waals surface area contributed by atoms with Gasteiger partial charge < -0.3 is 20.1 Å². The molecule has 1 heterocycles. The fourth-order valence-corrected chi connectivity index (χ4v) is 3.04. The minimum atomic E-state index is -1.01. The summed E-state index contributed by atoms with van der Waals surface area (Å²) < 4.78 is 10.6. The van der Waals surface area contributed by atoms with Gasteiger partial charge in [0.25, 0.3) is 0 Å². The van der Waals surface area contributed by atoms with Crippen molar-refractivity contribution < 1.29 is 19.1 Å². The first kappa shape index (κ1) is 16.4. The molecule has 1 fully saturated rings. The van der Waals surface area contributed by atoms with Gasteiger partial charge >= 0.3 is 0 Å². The van der Waals surface area contributed by atoms with Crippen molar-refractivity contribution in [3.8, 4) is 11.5 Å². The number of ether oxygens (including phenoxy) is 2. The SMILES string of the molecule is Cc1cccc(NC(=O)C2(C(=O)Nc3ccc4c(c3)OCO4)CC2)c1C. The Balaban J connectivity index is 1.48. The zero-order valence-electron chi connectivity index (χ0n) is 14.7. The number of fused-ring (bicyclic) bond motifs is 1. The number of hydrogen-bond acceptors (Lipinski definition) is 4. The molecular weight excluding hydrogens is 332 g/mol. The van der Waals surface area contributed by atoms with Crippen molar-refractivity contribution in [2.24, 2.45) is 5.41 Å². The lowest BCUT2D eigenvalue weighted by atomic mass is 10.0. The summed E-state index contributed by atoms with van der Waals surface area (Å²) in [7, 11) is 0. The van der Waals surface area contributed by atoms with Gasteiger partial charge in [0.05, 0.1) is 0 Å². The zero-order valence-corrected chi connectivity index (χ0v) is 14.7. The average molecular weight is 352 g/mol. The molecule has 0 saturated heterocycles. The first-order valence-electron chi connectivity index (χ1n) is 8.58. The van der Waals surface area contributed by atoms with Crippen molar-refractivity contribution in [2.75, 3.05) is 17.4 Å². The molecule has 2 aromatic rings. The van der Waals surface area contributed by atoms with E-state index in [1.54, 1.807) is 18.2 Å². The standard InChI is InChI=1S/C20H20N2O4/c1-12-4-3-5-15(13(12)2)22-19(24)20(8-9-20)18(23)21-14-6-7-16-17(10-14)26-11-25-16/h3-7,10H,8-9,11H2,1-2H3,(H,21,23)(H,22,24). The molecule has 6 heteroatoms. The van der Waals surface area contributed by atoms with E-state index in [9.17, 15) is 9.59 Å². The van der Waals surface area contributed by atoms with Crippen LogP contribution in [0.3, 0.4) is 0 Å². The maximum absolute atomic E-state index is 12.8. The Hall–Kier alpha value is -3.02. The van der Waals surface area contributed by atoms with Crippen LogP contribution in [0.25, 0.3) is 0 Å².